The topological polar surface area (TPSA) is 64.7 Å². The predicted molar refractivity (Wildman–Crippen MR) is 88.3 cm³/mol. The highest BCUT2D eigenvalue weighted by molar-refractivity contribution is 5.90. The van der Waals surface area contributed by atoms with Gasteiger partial charge in [0.1, 0.15) is 18.1 Å². The van der Waals surface area contributed by atoms with Crippen LogP contribution >= 0.6 is 0 Å². The molecule has 0 radical (unpaired) electrons. The molecule has 1 N–H and O–H groups in total. The lowest BCUT2D eigenvalue weighted by atomic mass is 10.2. The Morgan fingerprint density at radius 1 is 1.31 bits per heavy atom. The van der Waals surface area contributed by atoms with E-state index in [-0.39, 0.29) is 24.6 Å². The van der Waals surface area contributed by atoms with Gasteiger partial charge in [0.2, 0.25) is 5.91 Å². The summed E-state index contributed by atoms with van der Waals surface area (Å²) in [4.78, 5) is 12.1. The number of aromatic nitrogens is 4. The quantitative estimate of drug-likeness (QED) is 0.732. The minimum Gasteiger partial charge on any atom is -0.322 e. The molecule has 1 amide bonds. The summed E-state index contributed by atoms with van der Waals surface area (Å²) in [6, 6.07) is 7.55. The molecule has 0 aliphatic rings. The third-order valence-electron chi connectivity index (χ3n) is 3.66. The van der Waals surface area contributed by atoms with Gasteiger partial charge < -0.3 is 5.32 Å². The zero-order chi connectivity index (χ0) is 18.7. The molecular formula is C17H16F3N5O. The smallest absolute Gasteiger partial charge is 0.280 e. The first kappa shape index (κ1) is 17.7. The van der Waals surface area contributed by atoms with Crippen LogP contribution < -0.4 is 5.32 Å². The van der Waals surface area contributed by atoms with Crippen LogP contribution in [0.25, 0.3) is 0 Å². The van der Waals surface area contributed by atoms with Gasteiger partial charge in [-0.2, -0.15) is 10.2 Å². The number of carbonyl (C=O) groups excluding carboxylic acids is 1. The first-order chi connectivity index (χ1) is 12.4. The highest BCUT2D eigenvalue weighted by Gasteiger charge is 2.17. The summed E-state index contributed by atoms with van der Waals surface area (Å²) in [6.45, 7) is 1.44. The van der Waals surface area contributed by atoms with Crippen LogP contribution in [-0.4, -0.2) is 25.5 Å². The number of nitrogens with one attached hydrogen (secondary N) is 1. The molecule has 0 saturated heterocycles. The molecule has 0 bridgehead atoms. The largest absolute Gasteiger partial charge is 0.322 e. The molecule has 2 aromatic heterocycles. The standard InChI is InChI=1S/C17H16F3N5O/c1-11-6-15(17(19)20)25(23-11)10-16(26)22-13-7-21-24(9-13)8-12-4-2-3-5-14(12)18/h2-7,9,17H,8,10H2,1H3,(H,22,26). The number of aryl methyl sites for hydroxylation is 1. The molecular weight excluding hydrogens is 347 g/mol. The SMILES string of the molecule is Cc1cc(C(F)F)n(CC(=O)Nc2cnn(Cc3ccccc3F)c2)n1. The van der Waals surface area contributed by atoms with E-state index in [9.17, 15) is 18.0 Å². The third kappa shape index (κ3) is 4.11. The average molecular weight is 363 g/mol. The highest BCUT2D eigenvalue weighted by Crippen LogP contribution is 2.19. The maximum Gasteiger partial charge on any atom is 0.280 e. The summed E-state index contributed by atoms with van der Waals surface area (Å²) in [5.41, 5.74) is 0.939. The summed E-state index contributed by atoms with van der Waals surface area (Å²) in [6.07, 6.45) is 0.223. The van der Waals surface area contributed by atoms with Gasteiger partial charge in [-0.1, -0.05) is 18.2 Å². The van der Waals surface area contributed by atoms with Gasteiger partial charge in [-0.05, 0) is 19.1 Å². The second-order valence-corrected chi connectivity index (χ2v) is 5.74. The van der Waals surface area contributed by atoms with Crippen LogP contribution in [0.3, 0.4) is 0 Å². The Bertz CT molecular complexity index is 919. The van der Waals surface area contributed by atoms with E-state index in [2.05, 4.69) is 15.5 Å². The van der Waals surface area contributed by atoms with Gasteiger partial charge in [0.05, 0.1) is 24.1 Å². The van der Waals surface area contributed by atoms with Crippen molar-refractivity contribution in [2.45, 2.75) is 26.4 Å². The number of hydrogen-bond donors (Lipinski definition) is 1. The number of nitrogens with zero attached hydrogens (tertiary/aromatic N) is 4. The Morgan fingerprint density at radius 2 is 2.08 bits per heavy atom. The minimum absolute atomic E-state index is 0.205. The number of halogens is 3. The molecule has 0 saturated carbocycles. The van der Waals surface area contributed by atoms with Crippen molar-refractivity contribution in [3.05, 3.63) is 65.5 Å². The van der Waals surface area contributed by atoms with Crippen LogP contribution in [0.5, 0.6) is 0 Å². The van der Waals surface area contributed by atoms with E-state index in [1.54, 1.807) is 25.1 Å². The van der Waals surface area contributed by atoms with Gasteiger partial charge in [0.15, 0.2) is 0 Å². The number of anilines is 1. The molecule has 9 heteroatoms. The van der Waals surface area contributed by atoms with Crippen molar-refractivity contribution in [1.29, 1.82) is 0 Å². The molecule has 2 heterocycles. The molecule has 6 nitrogen and oxygen atoms in total. The minimum atomic E-state index is -2.72. The van der Waals surface area contributed by atoms with E-state index in [1.807, 2.05) is 0 Å². The van der Waals surface area contributed by atoms with Crippen LogP contribution in [-0.2, 0) is 17.9 Å². The summed E-state index contributed by atoms with van der Waals surface area (Å²) < 4.78 is 41.9. The number of hydrogen-bond acceptors (Lipinski definition) is 3. The highest BCUT2D eigenvalue weighted by atomic mass is 19.3. The van der Waals surface area contributed by atoms with Crippen molar-refractivity contribution in [1.82, 2.24) is 19.6 Å². The average Bonchev–Trinajstić information content (AvgIpc) is 3.16. The molecule has 0 fully saturated rings. The number of benzene rings is 1. The Kier molecular flexibility index (Phi) is 5.06. The molecule has 0 aliphatic carbocycles. The lowest BCUT2D eigenvalue weighted by Crippen LogP contribution is -2.21. The summed E-state index contributed by atoms with van der Waals surface area (Å²) in [5.74, 6) is -0.859. The van der Waals surface area contributed by atoms with E-state index in [0.717, 1.165) is 4.68 Å². The summed E-state index contributed by atoms with van der Waals surface area (Å²) in [7, 11) is 0. The molecule has 3 aromatic rings. The van der Waals surface area contributed by atoms with Crippen molar-refractivity contribution in [3.8, 4) is 0 Å². The van der Waals surface area contributed by atoms with E-state index in [4.69, 9.17) is 0 Å². The molecule has 0 aliphatic heterocycles. The van der Waals surface area contributed by atoms with Gasteiger partial charge in [-0.3, -0.25) is 14.2 Å². The van der Waals surface area contributed by atoms with E-state index < -0.39 is 12.3 Å². The first-order valence-corrected chi connectivity index (χ1v) is 7.80. The third-order valence-corrected chi connectivity index (χ3v) is 3.66. The van der Waals surface area contributed by atoms with E-state index in [0.29, 0.717) is 16.9 Å². The fourth-order valence-electron chi connectivity index (χ4n) is 2.52. The van der Waals surface area contributed by atoms with Gasteiger partial charge in [-0.25, -0.2) is 13.2 Å². The molecule has 26 heavy (non-hydrogen) atoms. The van der Waals surface area contributed by atoms with E-state index >= 15 is 0 Å². The van der Waals surface area contributed by atoms with Crippen LogP contribution in [0.2, 0.25) is 0 Å². The van der Waals surface area contributed by atoms with Crippen LogP contribution in [0.1, 0.15) is 23.4 Å². The van der Waals surface area contributed by atoms with E-state index in [1.165, 1.54) is 29.2 Å². The number of amides is 1. The van der Waals surface area contributed by atoms with Crippen LogP contribution in [0.15, 0.2) is 42.7 Å². The first-order valence-electron chi connectivity index (χ1n) is 7.80. The normalized spacial score (nSPS) is 11.1. The van der Waals surface area contributed by atoms with Crippen molar-refractivity contribution in [2.75, 3.05) is 5.32 Å². The molecule has 3 rings (SSSR count). The molecule has 1 aromatic carbocycles. The van der Waals surface area contributed by atoms with Crippen molar-refractivity contribution >= 4 is 11.6 Å². The van der Waals surface area contributed by atoms with Crippen LogP contribution in [0, 0.1) is 12.7 Å². The van der Waals surface area contributed by atoms with Crippen LogP contribution in [0.4, 0.5) is 18.9 Å². The maximum atomic E-state index is 13.7. The van der Waals surface area contributed by atoms with Gasteiger partial charge in [0, 0.05) is 11.8 Å². The second kappa shape index (κ2) is 7.42. The number of carbonyl (C=O) groups is 1. The molecule has 0 spiro atoms. The molecule has 136 valence electrons. The molecule has 0 atom stereocenters. The zero-order valence-electron chi connectivity index (χ0n) is 13.9. The van der Waals surface area contributed by atoms with Gasteiger partial charge in [-0.15, -0.1) is 0 Å². The predicted octanol–water partition coefficient (Wildman–Crippen LogP) is 3.15. The number of alkyl halides is 2. The van der Waals surface area contributed by atoms with Crippen molar-refractivity contribution < 1.29 is 18.0 Å². The Balaban J connectivity index is 1.64. The Morgan fingerprint density at radius 3 is 2.81 bits per heavy atom. The maximum absolute atomic E-state index is 13.7. The van der Waals surface area contributed by atoms with Crippen molar-refractivity contribution in [2.24, 2.45) is 0 Å². The molecule has 0 unspecified atom stereocenters. The lowest BCUT2D eigenvalue weighted by Gasteiger charge is -2.06. The second-order valence-electron chi connectivity index (χ2n) is 5.74. The summed E-state index contributed by atoms with van der Waals surface area (Å²) >= 11 is 0. The Hall–Kier alpha value is -3.10. The fourth-order valence-corrected chi connectivity index (χ4v) is 2.52. The monoisotopic (exact) mass is 363 g/mol. The number of rotatable bonds is 6. The Labute approximate surface area is 147 Å². The zero-order valence-corrected chi connectivity index (χ0v) is 13.9. The van der Waals surface area contributed by atoms with Crippen molar-refractivity contribution in [3.63, 3.8) is 0 Å². The van der Waals surface area contributed by atoms with Gasteiger partial charge >= 0.3 is 0 Å². The lowest BCUT2D eigenvalue weighted by molar-refractivity contribution is -0.117. The fraction of sp³-hybridized carbons (Fsp3) is 0.235. The summed E-state index contributed by atoms with van der Waals surface area (Å²) in [5, 5.41) is 10.5. The van der Waals surface area contributed by atoms with Gasteiger partial charge in [0.25, 0.3) is 6.43 Å².